The Labute approximate surface area is 156 Å². The molecule has 0 bridgehead atoms. The molecular formula is C17H21ClN4O2S. The molecule has 0 aliphatic carbocycles. The fourth-order valence-corrected chi connectivity index (χ4v) is 3.40. The van der Waals surface area contributed by atoms with Crippen molar-refractivity contribution in [3.8, 4) is 0 Å². The van der Waals surface area contributed by atoms with Crippen LogP contribution in [0.1, 0.15) is 33.6 Å². The minimum atomic E-state index is -0.515. The quantitative estimate of drug-likeness (QED) is 0.583. The van der Waals surface area contributed by atoms with Crippen LogP contribution in [0.4, 0.5) is 5.69 Å². The molecule has 8 heteroatoms. The van der Waals surface area contributed by atoms with Gasteiger partial charge in [0, 0.05) is 22.8 Å². The van der Waals surface area contributed by atoms with Crippen molar-refractivity contribution in [2.75, 3.05) is 5.32 Å². The van der Waals surface area contributed by atoms with Crippen molar-refractivity contribution in [3.63, 3.8) is 0 Å². The third-order valence-electron chi connectivity index (χ3n) is 3.27. The summed E-state index contributed by atoms with van der Waals surface area (Å²) < 4.78 is 0. The van der Waals surface area contributed by atoms with Crippen LogP contribution < -0.4 is 10.6 Å². The van der Waals surface area contributed by atoms with Crippen molar-refractivity contribution in [1.82, 2.24) is 5.32 Å². The van der Waals surface area contributed by atoms with Crippen LogP contribution in [0, 0.1) is 5.92 Å². The van der Waals surface area contributed by atoms with Gasteiger partial charge in [-0.25, -0.2) is 0 Å². The summed E-state index contributed by atoms with van der Waals surface area (Å²) in [5.41, 5.74) is 1.50. The molecule has 0 spiro atoms. The maximum Gasteiger partial charge on any atom is 0.240 e. The lowest BCUT2D eigenvalue weighted by atomic mass is 10.1. The minimum absolute atomic E-state index is 0.0523. The fourth-order valence-electron chi connectivity index (χ4n) is 2.30. The molecule has 2 N–H and O–H groups in total. The van der Waals surface area contributed by atoms with Gasteiger partial charge in [0.1, 0.15) is 5.25 Å². The number of hydrogen-bond donors (Lipinski definition) is 2. The number of amides is 2. The molecule has 1 aliphatic rings. The second kappa shape index (κ2) is 9.01. The summed E-state index contributed by atoms with van der Waals surface area (Å²) in [7, 11) is 0. The Balaban J connectivity index is 1.91. The predicted octanol–water partition coefficient (Wildman–Crippen LogP) is 3.68. The maximum absolute atomic E-state index is 12.1. The number of nitrogens with one attached hydrogen (secondary N) is 2. The Bertz CT molecular complexity index is 718. The molecule has 134 valence electrons. The number of anilines is 1. The number of thioether (sulfide) groups is 1. The van der Waals surface area contributed by atoms with Gasteiger partial charge in [-0.2, -0.15) is 5.10 Å². The van der Waals surface area contributed by atoms with E-state index in [-0.39, 0.29) is 18.2 Å². The van der Waals surface area contributed by atoms with E-state index in [2.05, 4.69) is 34.7 Å². The van der Waals surface area contributed by atoms with E-state index in [0.717, 1.165) is 12.1 Å². The highest BCUT2D eigenvalue weighted by atomic mass is 35.5. The summed E-state index contributed by atoms with van der Waals surface area (Å²) in [4.78, 5) is 24.1. The topological polar surface area (TPSA) is 82.9 Å². The molecule has 1 saturated heterocycles. The van der Waals surface area contributed by atoms with Crippen molar-refractivity contribution in [1.29, 1.82) is 0 Å². The Kier molecular flexibility index (Phi) is 7.01. The van der Waals surface area contributed by atoms with Crippen molar-refractivity contribution >= 4 is 51.7 Å². The molecule has 1 aromatic rings. The second-order valence-electron chi connectivity index (χ2n) is 6.20. The molecule has 0 unspecified atom stereocenters. The lowest BCUT2D eigenvalue weighted by Crippen LogP contribution is -2.28. The van der Waals surface area contributed by atoms with Gasteiger partial charge in [0.15, 0.2) is 5.17 Å². The molecule has 1 aromatic carbocycles. The Morgan fingerprint density at radius 3 is 2.88 bits per heavy atom. The Morgan fingerprint density at radius 1 is 1.44 bits per heavy atom. The van der Waals surface area contributed by atoms with E-state index >= 15 is 0 Å². The van der Waals surface area contributed by atoms with Crippen molar-refractivity contribution in [2.45, 2.75) is 38.9 Å². The maximum atomic E-state index is 12.1. The van der Waals surface area contributed by atoms with E-state index in [9.17, 15) is 9.59 Å². The van der Waals surface area contributed by atoms with Crippen LogP contribution in [0.15, 0.2) is 34.5 Å². The highest BCUT2D eigenvalue weighted by molar-refractivity contribution is 8.15. The molecule has 2 rings (SSSR count). The molecule has 6 nitrogen and oxygen atoms in total. The summed E-state index contributed by atoms with van der Waals surface area (Å²) in [5.74, 6) is 0.00932. The van der Waals surface area contributed by atoms with Gasteiger partial charge in [-0.05, 0) is 37.5 Å². The number of benzene rings is 1. The summed E-state index contributed by atoms with van der Waals surface area (Å²) in [6, 6.07) is 6.87. The first-order valence-electron chi connectivity index (χ1n) is 7.97. The zero-order valence-corrected chi connectivity index (χ0v) is 15.9. The van der Waals surface area contributed by atoms with Crippen LogP contribution in [0.5, 0.6) is 0 Å². The van der Waals surface area contributed by atoms with Crippen LogP contribution in [0.3, 0.4) is 0 Å². The van der Waals surface area contributed by atoms with Crippen LogP contribution in [0.25, 0.3) is 0 Å². The SMILES string of the molecule is C/C(CC(C)C)=N/N=C1\NC(=O)[C@@H](CC(=O)Nc2cccc(Cl)c2)S1. The minimum Gasteiger partial charge on any atom is -0.326 e. The predicted molar refractivity (Wildman–Crippen MR) is 104 cm³/mol. The number of rotatable bonds is 6. The van der Waals surface area contributed by atoms with E-state index in [4.69, 9.17) is 11.6 Å². The molecule has 0 radical (unpaired) electrons. The van der Waals surface area contributed by atoms with Crippen LogP contribution in [-0.2, 0) is 9.59 Å². The van der Waals surface area contributed by atoms with E-state index in [1.54, 1.807) is 24.3 Å². The first-order chi connectivity index (χ1) is 11.8. The Morgan fingerprint density at radius 2 is 2.20 bits per heavy atom. The van der Waals surface area contributed by atoms with Gasteiger partial charge in [0.25, 0.3) is 0 Å². The monoisotopic (exact) mass is 380 g/mol. The smallest absolute Gasteiger partial charge is 0.240 e. The summed E-state index contributed by atoms with van der Waals surface area (Å²) in [5, 5.41) is 14.0. The standard InChI is InChI=1S/C17H21ClN4O2S/c1-10(2)7-11(3)21-22-17-20-16(24)14(25-17)9-15(23)19-13-6-4-5-12(18)8-13/h4-6,8,10,14H,7,9H2,1-3H3,(H,19,23)(H,20,22,24)/b21-11-/t14-/m1/s1. The fraction of sp³-hybridized carbons (Fsp3) is 0.412. The molecule has 0 aromatic heterocycles. The third-order valence-corrected chi connectivity index (χ3v) is 4.58. The number of nitrogens with zero attached hydrogens (tertiary/aromatic N) is 2. The average Bonchev–Trinajstić information content (AvgIpc) is 2.84. The van der Waals surface area contributed by atoms with Crippen LogP contribution in [0.2, 0.25) is 5.02 Å². The molecule has 1 aliphatic heterocycles. The first-order valence-corrected chi connectivity index (χ1v) is 9.23. The number of hydrogen-bond acceptors (Lipinski definition) is 5. The number of carbonyl (C=O) groups is 2. The van der Waals surface area contributed by atoms with E-state index in [1.807, 2.05) is 6.92 Å². The van der Waals surface area contributed by atoms with Gasteiger partial charge in [-0.1, -0.05) is 43.3 Å². The number of carbonyl (C=O) groups excluding carboxylic acids is 2. The molecule has 2 amide bonds. The van der Waals surface area contributed by atoms with E-state index in [0.29, 0.717) is 21.8 Å². The van der Waals surface area contributed by atoms with Crippen molar-refractivity contribution in [2.24, 2.45) is 16.1 Å². The van der Waals surface area contributed by atoms with E-state index < -0.39 is 5.25 Å². The normalized spacial score (nSPS) is 19.4. The van der Waals surface area contributed by atoms with Gasteiger partial charge in [0.2, 0.25) is 11.8 Å². The van der Waals surface area contributed by atoms with Crippen molar-refractivity contribution < 1.29 is 9.59 Å². The third kappa shape index (κ3) is 6.51. The summed E-state index contributed by atoms with van der Waals surface area (Å²) in [6.07, 6.45) is 0.900. The van der Waals surface area contributed by atoms with Crippen LogP contribution >= 0.6 is 23.4 Å². The van der Waals surface area contributed by atoms with E-state index in [1.165, 1.54) is 11.8 Å². The highest BCUT2D eigenvalue weighted by Gasteiger charge is 2.32. The molecule has 1 fully saturated rings. The molecule has 0 saturated carbocycles. The highest BCUT2D eigenvalue weighted by Crippen LogP contribution is 2.23. The van der Waals surface area contributed by atoms with Gasteiger partial charge in [0.05, 0.1) is 0 Å². The van der Waals surface area contributed by atoms with Gasteiger partial charge in [-0.15, -0.1) is 5.10 Å². The average molecular weight is 381 g/mol. The zero-order valence-electron chi connectivity index (χ0n) is 14.4. The van der Waals surface area contributed by atoms with Gasteiger partial charge in [-0.3, -0.25) is 9.59 Å². The molecular weight excluding hydrogens is 360 g/mol. The molecule has 1 atom stereocenters. The van der Waals surface area contributed by atoms with Gasteiger partial charge >= 0.3 is 0 Å². The number of amidine groups is 1. The second-order valence-corrected chi connectivity index (χ2v) is 7.82. The van der Waals surface area contributed by atoms with Gasteiger partial charge < -0.3 is 10.6 Å². The first kappa shape index (κ1) is 19.5. The molecule has 25 heavy (non-hydrogen) atoms. The van der Waals surface area contributed by atoms with Crippen LogP contribution in [-0.4, -0.2) is 27.9 Å². The zero-order chi connectivity index (χ0) is 18.4. The largest absolute Gasteiger partial charge is 0.326 e. The van der Waals surface area contributed by atoms with Crippen molar-refractivity contribution in [3.05, 3.63) is 29.3 Å². The number of halogens is 1. The Hall–Kier alpha value is -1.86. The lowest BCUT2D eigenvalue weighted by Gasteiger charge is -2.07. The summed E-state index contributed by atoms with van der Waals surface area (Å²) >= 11 is 7.10. The lowest BCUT2D eigenvalue weighted by molar-refractivity contribution is -0.122. The molecule has 1 heterocycles. The summed E-state index contributed by atoms with van der Waals surface area (Å²) in [6.45, 7) is 6.11.